The highest BCUT2D eigenvalue weighted by Gasteiger charge is 2.05. The molecular weight excluding hydrogens is 168 g/mol. The molecule has 0 spiro atoms. The van der Waals surface area contributed by atoms with E-state index in [1.165, 1.54) is 11.6 Å². The van der Waals surface area contributed by atoms with Crippen molar-refractivity contribution in [3.05, 3.63) is 18.3 Å². The predicted octanol–water partition coefficient (Wildman–Crippen LogP) is 0.415. The number of ketones is 1. The van der Waals surface area contributed by atoms with E-state index in [1.54, 1.807) is 12.3 Å². The second-order valence-corrected chi connectivity index (χ2v) is 2.80. The minimum atomic E-state index is 0.0393. The van der Waals surface area contributed by atoms with Crippen LogP contribution < -0.4 is 0 Å². The van der Waals surface area contributed by atoms with E-state index < -0.39 is 0 Å². The SMILES string of the molecule is CC(=O)Cn1nnc2cccnc21. The van der Waals surface area contributed by atoms with Crippen LogP contribution in [0.2, 0.25) is 0 Å². The molecule has 66 valence electrons. The Balaban J connectivity index is 2.51. The number of rotatable bonds is 2. The van der Waals surface area contributed by atoms with Gasteiger partial charge in [0.1, 0.15) is 12.1 Å². The maximum Gasteiger partial charge on any atom is 0.178 e. The van der Waals surface area contributed by atoms with Gasteiger partial charge in [0.15, 0.2) is 11.4 Å². The van der Waals surface area contributed by atoms with Crippen LogP contribution in [0.25, 0.3) is 11.2 Å². The zero-order valence-corrected chi connectivity index (χ0v) is 7.14. The lowest BCUT2D eigenvalue weighted by Gasteiger charge is -1.95. The lowest BCUT2D eigenvalue weighted by molar-refractivity contribution is -0.117. The highest BCUT2D eigenvalue weighted by Crippen LogP contribution is 2.05. The number of hydrogen-bond acceptors (Lipinski definition) is 4. The van der Waals surface area contributed by atoms with Crippen molar-refractivity contribution in [2.45, 2.75) is 13.5 Å². The zero-order chi connectivity index (χ0) is 9.26. The molecule has 5 heteroatoms. The van der Waals surface area contributed by atoms with Crippen LogP contribution in [0.3, 0.4) is 0 Å². The fourth-order valence-electron chi connectivity index (χ4n) is 1.13. The summed E-state index contributed by atoms with van der Waals surface area (Å²) in [7, 11) is 0. The van der Waals surface area contributed by atoms with Crippen LogP contribution in [0.5, 0.6) is 0 Å². The van der Waals surface area contributed by atoms with E-state index >= 15 is 0 Å². The Morgan fingerprint density at radius 1 is 1.62 bits per heavy atom. The lowest BCUT2D eigenvalue weighted by Crippen LogP contribution is -2.08. The Morgan fingerprint density at radius 3 is 3.23 bits per heavy atom. The molecule has 0 unspecified atom stereocenters. The van der Waals surface area contributed by atoms with Gasteiger partial charge in [-0.2, -0.15) is 0 Å². The number of carbonyl (C=O) groups excluding carboxylic acids is 1. The monoisotopic (exact) mass is 176 g/mol. The summed E-state index contributed by atoms with van der Waals surface area (Å²) in [4.78, 5) is 14.9. The number of carbonyl (C=O) groups is 1. The van der Waals surface area contributed by atoms with Gasteiger partial charge in [0.2, 0.25) is 0 Å². The summed E-state index contributed by atoms with van der Waals surface area (Å²) in [5.74, 6) is 0.0393. The molecule has 2 aromatic heterocycles. The molecule has 0 fully saturated rings. The van der Waals surface area contributed by atoms with Crippen molar-refractivity contribution in [1.29, 1.82) is 0 Å². The average Bonchev–Trinajstić information content (AvgIpc) is 2.48. The van der Waals surface area contributed by atoms with Gasteiger partial charge in [-0.3, -0.25) is 4.79 Å². The Kier molecular flexibility index (Phi) is 1.77. The fraction of sp³-hybridized carbons (Fsp3) is 0.250. The summed E-state index contributed by atoms with van der Waals surface area (Å²) >= 11 is 0. The summed E-state index contributed by atoms with van der Waals surface area (Å²) in [5.41, 5.74) is 1.36. The van der Waals surface area contributed by atoms with Gasteiger partial charge in [-0.05, 0) is 19.1 Å². The summed E-state index contributed by atoms with van der Waals surface area (Å²) in [5, 5.41) is 7.69. The molecule has 0 aliphatic heterocycles. The van der Waals surface area contributed by atoms with Crippen LogP contribution >= 0.6 is 0 Å². The average molecular weight is 176 g/mol. The van der Waals surface area contributed by atoms with Crippen LogP contribution in [0.1, 0.15) is 6.92 Å². The quantitative estimate of drug-likeness (QED) is 0.665. The first-order chi connectivity index (χ1) is 6.27. The topological polar surface area (TPSA) is 60.7 Å². The van der Waals surface area contributed by atoms with Crippen molar-refractivity contribution in [2.75, 3.05) is 0 Å². The van der Waals surface area contributed by atoms with Crippen LogP contribution in [-0.4, -0.2) is 25.8 Å². The smallest absolute Gasteiger partial charge is 0.178 e. The molecule has 0 aliphatic carbocycles. The van der Waals surface area contributed by atoms with E-state index in [0.717, 1.165) is 0 Å². The first-order valence-electron chi connectivity index (χ1n) is 3.91. The summed E-state index contributed by atoms with van der Waals surface area (Å²) < 4.78 is 1.50. The first kappa shape index (κ1) is 7.85. The molecule has 0 aromatic carbocycles. The number of hydrogen-bond donors (Lipinski definition) is 0. The van der Waals surface area contributed by atoms with Crippen molar-refractivity contribution >= 4 is 16.9 Å². The normalized spacial score (nSPS) is 10.5. The van der Waals surface area contributed by atoms with Crippen molar-refractivity contribution in [2.24, 2.45) is 0 Å². The fourth-order valence-corrected chi connectivity index (χ4v) is 1.13. The molecule has 0 radical (unpaired) electrons. The molecule has 2 heterocycles. The molecule has 2 rings (SSSR count). The minimum Gasteiger partial charge on any atom is -0.298 e. The van der Waals surface area contributed by atoms with E-state index in [2.05, 4.69) is 15.3 Å². The standard InChI is InChI=1S/C8H8N4O/c1-6(13)5-12-8-7(10-11-12)3-2-4-9-8/h2-4H,5H2,1H3. The summed E-state index contributed by atoms with van der Waals surface area (Å²) in [6, 6.07) is 3.60. The van der Waals surface area contributed by atoms with Crippen molar-refractivity contribution in [3.8, 4) is 0 Å². The molecule has 0 saturated heterocycles. The number of nitrogens with zero attached hydrogens (tertiary/aromatic N) is 4. The Bertz CT molecular complexity index is 448. The van der Waals surface area contributed by atoms with Crippen molar-refractivity contribution < 1.29 is 4.79 Å². The molecule has 2 aromatic rings. The van der Waals surface area contributed by atoms with E-state index in [9.17, 15) is 4.79 Å². The van der Waals surface area contributed by atoms with E-state index in [1.807, 2.05) is 6.07 Å². The molecule has 0 saturated carbocycles. The lowest BCUT2D eigenvalue weighted by atomic mass is 10.4. The predicted molar refractivity (Wildman–Crippen MR) is 46.0 cm³/mol. The third kappa shape index (κ3) is 1.40. The van der Waals surface area contributed by atoms with Crippen molar-refractivity contribution in [1.82, 2.24) is 20.0 Å². The zero-order valence-electron chi connectivity index (χ0n) is 7.14. The van der Waals surface area contributed by atoms with Gasteiger partial charge in [0.25, 0.3) is 0 Å². The van der Waals surface area contributed by atoms with Gasteiger partial charge in [0, 0.05) is 6.20 Å². The third-order valence-electron chi connectivity index (χ3n) is 1.64. The molecule has 0 N–H and O–H groups in total. The Morgan fingerprint density at radius 2 is 2.46 bits per heavy atom. The molecular formula is C8H8N4O. The molecule has 5 nitrogen and oxygen atoms in total. The molecule has 0 aliphatic rings. The highest BCUT2D eigenvalue weighted by atomic mass is 16.1. The largest absolute Gasteiger partial charge is 0.298 e. The number of Topliss-reactive ketones (excluding diaryl/α,β-unsaturated/α-hetero) is 1. The van der Waals surface area contributed by atoms with E-state index in [4.69, 9.17) is 0 Å². The molecule has 13 heavy (non-hydrogen) atoms. The van der Waals surface area contributed by atoms with E-state index in [-0.39, 0.29) is 12.3 Å². The van der Waals surface area contributed by atoms with Gasteiger partial charge in [-0.15, -0.1) is 5.10 Å². The van der Waals surface area contributed by atoms with Gasteiger partial charge in [-0.25, -0.2) is 9.67 Å². The maximum atomic E-state index is 10.8. The van der Waals surface area contributed by atoms with Gasteiger partial charge in [0.05, 0.1) is 0 Å². The second kappa shape index (κ2) is 2.93. The molecule has 0 bridgehead atoms. The van der Waals surface area contributed by atoms with E-state index in [0.29, 0.717) is 11.2 Å². The van der Waals surface area contributed by atoms with Crippen molar-refractivity contribution in [3.63, 3.8) is 0 Å². The Hall–Kier alpha value is -1.78. The number of pyridine rings is 1. The Labute approximate surface area is 74.4 Å². The van der Waals surface area contributed by atoms with Crippen LogP contribution in [0, 0.1) is 0 Å². The molecule has 0 amide bonds. The highest BCUT2D eigenvalue weighted by molar-refractivity contribution is 5.77. The molecule has 0 atom stereocenters. The second-order valence-electron chi connectivity index (χ2n) is 2.80. The maximum absolute atomic E-state index is 10.8. The summed E-state index contributed by atoms with van der Waals surface area (Å²) in [6.45, 7) is 1.74. The third-order valence-corrected chi connectivity index (χ3v) is 1.64. The number of fused-ring (bicyclic) bond motifs is 1. The first-order valence-corrected chi connectivity index (χ1v) is 3.91. The van der Waals surface area contributed by atoms with Crippen LogP contribution in [0.15, 0.2) is 18.3 Å². The van der Waals surface area contributed by atoms with Crippen LogP contribution in [-0.2, 0) is 11.3 Å². The number of aromatic nitrogens is 4. The van der Waals surface area contributed by atoms with Gasteiger partial charge in [-0.1, -0.05) is 5.21 Å². The van der Waals surface area contributed by atoms with Gasteiger partial charge < -0.3 is 0 Å². The minimum absolute atomic E-state index is 0.0393. The van der Waals surface area contributed by atoms with Gasteiger partial charge >= 0.3 is 0 Å². The van der Waals surface area contributed by atoms with Crippen LogP contribution in [0.4, 0.5) is 0 Å². The summed E-state index contributed by atoms with van der Waals surface area (Å²) in [6.07, 6.45) is 1.66.